The van der Waals surface area contributed by atoms with E-state index in [1.165, 1.54) is 12.1 Å². The number of nitrogens with zero attached hydrogens (tertiary/aromatic N) is 6. The van der Waals surface area contributed by atoms with Gasteiger partial charge >= 0.3 is 6.18 Å². The third-order valence-electron chi connectivity index (χ3n) is 5.39. The molecule has 0 spiro atoms. The number of halogens is 4. The van der Waals surface area contributed by atoms with Gasteiger partial charge in [0.2, 0.25) is 0 Å². The van der Waals surface area contributed by atoms with Crippen LogP contribution in [0.2, 0.25) is 0 Å². The van der Waals surface area contributed by atoms with Crippen LogP contribution >= 0.6 is 24.0 Å². The van der Waals surface area contributed by atoms with Crippen molar-refractivity contribution in [2.24, 2.45) is 4.99 Å². The van der Waals surface area contributed by atoms with E-state index < -0.39 is 11.7 Å². The molecule has 0 unspecified atom stereocenters. The highest BCUT2D eigenvalue weighted by atomic mass is 127. The Hall–Kier alpha value is -2.83. The summed E-state index contributed by atoms with van der Waals surface area (Å²) in [5.41, 5.74) is 0.926. The van der Waals surface area contributed by atoms with Crippen LogP contribution < -0.4 is 10.2 Å². The van der Waals surface area contributed by atoms with Gasteiger partial charge in [-0.15, -0.1) is 34.2 Å². The lowest BCUT2D eigenvalue weighted by molar-refractivity contribution is -0.137. The molecule has 4 rings (SSSR count). The van der Waals surface area contributed by atoms with Crippen molar-refractivity contribution in [3.63, 3.8) is 0 Å². The second-order valence-electron chi connectivity index (χ2n) is 7.38. The lowest BCUT2D eigenvalue weighted by Gasteiger charge is -2.37. The molecule has 0 amide bonds. The Bertz CT molecular complexity index is 1060. The van der Waals surface area contributed by atoms with Gasteiger partial charge in [-0.05, 0) is 30.3 Å². The second kappa shape index (κ2) is 10.9. The Labute approximate surface area is 207 Å². The Balaban J connectivity index is 0.00000306. The van der Waals surface area contributed by atoms with Crippen molar-refractivity contribution >= 4 is 35.6 Å². The molecule has 7 nitrogen and oxygen atoms in total. The third-order valence-corrected chi connectivity index (χ3v) is 5.39. The first-order chi connectivity index (χ1) is 15.5. The fourth-order valence-corrected chi connectivity index (χ4v) is 3.73. The molecule has 1 saturated heterocycles. The van der Waals surface area contributed by atoms with Crippen molar-refractivity contribution in [2.75, 3.05) is 38.1 Å². The van der Waals surface area contributed by atoms with E-state index in [4.69, 9.17) is 0 Å². The zero-order chi connectivity index (χ0) is 22.6. The molecule has 2 aromatic carbocycles. The number of rotatable bonds is 4. The first kappa shape index (κ1) is 24.8. The van der Waals surface area contributed by atoms with Crippen molar-refractivity contribution < 1.29 is 13.2 Å². The van der Waals surface area contributed by atoms with E-state index in [-0.39, 0.29) is 24.0 Å². The number of benzene rings is 2. The van der Waals surface area contributed by atoms with Gasteiger partial charge in [0, 0.05) is 44.6 Å². The zero-order valence-corrected chi connectivity index (χ0v) is 20.4. The van der Waals surface area contributed by atoms with Crippen molar-refractivity contribution in [1.82, 2.24) is 25.0 Å². The van der Waals surface area contributed by atoms with Gasteiger partial charge in [0.25, 0.3) is 0 Å². The molecule has 1 aliphatic heterocycles. The molecular formula is C22H25F3IN7. The first-order valence-electron chi connectivity index (χ1n) is 10.3. The number of para-hydroxylation sites is 1. The quantitative estimate of drug-likeness (QED) is 0.294. The molecule has 1 N–H and O–H groups in total. The van der Waals surface area contributed by atoms with E-state index in [9.17, 15) is 13.2 Å². The van der Waals surface area contributed by atoms with Gasteiger partial charge in [0.15, 0.2) is 11.8 Å². The van der Waals surface area contributed by atoms with E-state index in [1.807, 2.05) is 39.8 Å². The molecule has 0 bridgehead atoms. The molecule has 0 radical (unpaired) electrons. The number of hydrogen-bond acceptors (Lipinski definition) is 4. The molecule has 11 heteroatoms. The van der Waals surface area contributed by atoms with Crippen molar-refractivity contribution in [1.29, 1.82) is 0 Å². The van der Waals surface area contributed by atoms with Gasteiger partial charge in [-0.3, -0.25) is 9.56 Å². The molecule has 0 atom stereocenters. The van der Waals surface area contributed by atoms with Gasteiger partial charge in [0.1, 0.15) is 6.33 Å². The second-order valence-corrected chi connectivity index (χ2v) is 7.38. The highest BCUT2D eigenvalue weighted by Crippen LogP contribution is 2.31. The fraction of sp³-hybridized carbons (Fsp3) is 0.318. The number of aliphatic imine (C=N–C) groups is 1. The molecule has 1 aliphatic rings. The highest BCUT2D eigenvalue weighted by molar-refractivity contribution is 14.0. The topological polar surface area (TPSA) is 61.6 Å². The molecular weight excluding hydrogens is 546 g/mol. The van der Waals surface area contributed by atoms with Gasteiger partial charge in [-0.25, -0.2) is 0 Å². The Kier molecular flexibility index (Phi) is 8.16. The van der Waals surface area contributed by atoms with E-state index in [1.54, 1.807) is 19.4 Å². The molecule has 176 valence electrons. The number of guanidine groups is 1. The smallest absolute Gasteiger partial charge is 0.368 e. The molecule has 3 aromatic rings. The number of piperazine rings is 1. The maximum atomic E-state index is 13.0. The SMILES string of the molecule is CN=C(NCc1nncn1-c1ccccc1)N1CCN(c2cccc(C(F)(F)F)c2)CC1.I. The van der Waals surface area contributed by atoms with E-state index in [2.05, 4.69) is 25.4 Å². The van der Waals surface area contributed by atoms with Gasteiger partial charge in [-0.1, -0.05) is 24.3 Å². The van der Waals surface area contributed by atoms with E-state index in [0.717, 1.165) is 23.5 Å². The average Bonchev–Trinajstić information content (AvgIpc) is 3.29. The summed E-state index contributed by atoms with van der Waals surface area (Å²) in [6.45, 7) is 2.92. The van der Waals surface area contributed by atoms with Crippen molar-refractivity contribution in [3.05, 3.63) is 72.3 Å². The van der Waals surface area contributed by atoms with Crippen LogP contribution in [0, 0.1) is 0 Å². The molecule has 1 aromatic heterocycles. The Morgan fingerprint density at radius 1 is 1.00 bits per heavy atom. The normalized spacial score (nSPS) is 14.7. The number of hydrogen-bond donors (Lipinski definition) is 1. The largest absolute Gasteiger partial charge is 0.416 e. The molecule has 33 heavy (non-hydrogen) atoms. The lowest BCUT2D eigenvalue weighted by Crippen LogP contribution is -2.52. The van der Waals surface area contributed by atoms with Crippen LogP contribution in [0.4, 0.5) is 18.9 Å². The standard InChI is InChI=1S/C22H24F3N7.HI/c1-26-21(27-15-20-29-28-16-32(20)18-7-3-2-4-8-18)31-12-10-30(11-13-31)19-9-5-6-17(14-19)22(23,24)25;/h2-9,14,16H,10-13,15H2,1H3,(H,26,27);1H. The van der Waals surface area contributed by atoms with Crippen LogP contribution in [0.15, 0.2) is 65.9 Å². The van der Waals surface area contributed by atoms with Crippen LogP contribution in [0.1, 0.15) is 11.4 Å². The molecule has 0 saturated carbocycles. The molecule has 0 aliphatic carbocycles. The first-order valence-corrected chi connectivity index (χ1v) is 10.3. The maximum absolute atomic E-state index is 13.0. The summed E-state index contributed by atoms with van der Waals surface area (Å²) >= 11 is 0. The van der Waals surface area contributed by atoms with Crippen LogP contribution in [-0.4, -0.2) is 58.9 Å². The predicted molar refractivity (Wildman–Crippen MR) is 132 cm³/mol. The fourth-order valence-electron chi connectivity index (χ4n) is 3.73. The van der Waals surface area contributed by atoms with Gasteiger partial charge in [-0.2, -0.15) is 13.2 Å². The van der Waals surface area contributed by atoms with E-state index >= 15 is 0 Å². The van der Waals surface area contributed by atoms with Crippen LogP contribution in [0.5, 0.6) is 0 Å². The summed E-state index contributed by atoms with van der Waals surface area (Å²) in [6, 6.07) is 15.3. The molecule has 1 fully saturated rings. The van der Waals surface area contributed by atoms with Crippen LogP contribution in [-0.2, 0) is 12.7 Å². The number of alkyl halides is 3. The summed E-state index contributed by atoms with van der Waals surface area (Å²) in [6.07, 6.45) is -2.67. The number of aromatic nitrogens is 3. The average molecular weight is 571 g/mol. The maximum Gasteiger partial charge on any atom is 0.416 e. The monoisotopic (exact) mass is 571 g/mol. The molecule has 2 heterocycles. The minimum atomic E-state index is -4.34. The van der Waals surface area contributed by atoms with Gasteiger partial charge in [0.05, 0.1) is 12.1 Å². The zero-order valence-electron chi connectivity index (χ0n) is 18.0. The third kappa shape index (κ3) is 5.95. The van der Waals surface area contributed by atoms with Gasteiger partial charge < -0.3 is 15.1 Å². The number of nitrogens with one attached hydrogen (secondary N) is 1. The summed E-state index contributed by atoms with van der Waals surface area (Å²) in [5, 5.41) is 11.5. The highest BCUT2D eigenvalue weighted by Gasteiger charge is 2.31. The predicted octanol–water partition coefficient (Wildman–Crippen LogP) is 3.80. The Morgan fingerprint density at radius 3 is 2.36 bits per heavy atom. The summed E-state index contributed by atoms with van der Waals surface area (Å²) in [4.78, 5) is 8.42. The van der Waals surface area contributed by atoms with E-state index in [0.29, 0.717) is 38.4 Å². The van der Waals surface area contributed by atoms with Crippen molar-refractivity contribution in [2.45, 2.75) is 12.7 Å². The van der Waals surface area contributed by atoms with Crippen LogP contribution in [0.3, 0.4) is 0 Å². The number of anilines is 1. The summed E-state index contributed by atoms with van der Waals surface area (Å²) in [5.74, 6) is 1.47. The Morgan fingerprint density at radius 2 is 1.70 bits per heavy atom. The van der Waals surface area contributed by atoms with Crippen molar-refractivity contribution in [3.8, 4) is 5.69 Å². The summed E-state index contributed by atoms with van der Waals surface area (Å²) < 4.78 is 41.0. The lowest BCUT2D eigenvalue weighted by atomic mass is 10.1. The van der Waals surface area contributed by atoms with Crippen LogP contribution in [0.25, 0.3) is 5.69 Å². The minimum Gasteiger partial charge on any atom is -0.368 e. The minimum absolute atomic E-state index is 0. The summed E-state index contributed by atoms with van der Waals surface area (Å²) in [7, 11) is 1.71.